The molecule has 0 heterocycles. The summed E-state index contributed by atoms with van der Waals surface area (Å²) in [5.41, 5.74) is 0.373. The number of halogens is 1. The van der Waals surface area contributed by atoms with Crippen molar-refractivity contribution in [3.05, 3.63) is 63.2 Å². The molecule has 1 N–H and O–H groups in total. The van der Waals surface area contributed by atoms with Crippen molar-refractivity contribution in [3.63, 3.8) is 0 Å². The molecule has 0 aliphatic rings. The largest absolute Gasteiger partial charge is 0.456 e. The number of rotatable bonds is 8. The summed E-state index contributed by atoms with van der Waals surface area (Å²) in [7, 11) is -3.67. The number of anilines is 1. The second-order valence-electron chi connectivity index (χ2n) is 6.01. The highest BCUT2D eigenvalue weighted by Gasteiger charge is 2.19. The topological polar surface area (TPSA) is 133 Å². The van der Waals surface area contributed by atoms with Gasteiger partial charge in [-0.3, -0.25) is 19.7 Å². The van der Waals surface area contributed by atoms with Gasteiger partial charge in [-0.25, -0.2) is 8.42 Å². The van der Waals surface area contributed by atoms with Crippen LogP contribution in [0.5, 0.6) is 0 Å². The number of hydrogen-bond donors (Lipinski definition) is 1. The van der Waals surface area contributed by atoms with Crippen molar-refractivity contribution in [2.75, 3.05) is 17.7 Å². The molecule has 11 heteroatoms. The number of ether oxygens (including phenoxy) is 1. The maximum atomic E-state index is 12.2. The molecule has 0 fully saturated rings. The van der Waals surface area contributed by atoms with Crippen LogP contribution in [-0.2, 0) is 24.2 Å². The van der Waals surface area contributed by atoms with Crippen molar-refractivity contribution in [2.24, 2.45) is 0 Å². The molecule has 2 aromatic carbocycles. The van der Waals surface area contributed by atoms with Gasteiger partial charge in [-0.05, 0) is 31.2 Å². The zero-order chi connectivity index (χ0) is 21.6. The summed E-state index contributed by atoms with van der Waals surface area (Å²) in [5.74, 6) is -2.20. The lowest BCUT2D eigenvalue weighted by molar-refractivity contribution is -0.383. The first-order chi connectivity index (χ1) is 13.6. The van der Waals surface area contributed by atoms with Crippen LogP contribution in [0.2, 0.25) is 5.02 Å². The monoisotopic (exact) mass is 440 g/mol. The van der Waals surface area contributed by atoms with Gasteiger partial charge in [0.2, 0.25) is 0 Å². The minimum atomic E-state index is -3.67. The van der Waals surface area contributed by atoms with Crippen molar-refractivity contribution in [1.82, 2.24) is 0 Å². The highest BCUT2D eigenvalue weighted by atomic mass is 35.5. The molecule has 0 aliphatic carbocycles. The highest BCUT2D eigenvalue weighted by molar-refractivity contribution is 7.91. The van der Waals surface area contributed by atoms with Gasteiger partial charge in [-0.1, -0.05) is 29.3 Å². The Hall–Kier alpha value is -2.98. The average molecular weight is 441 g/mol. The maximum Gasteiger partial charge on any atom is 0.307 e. The highest BCUT2D eigenvalue weighted by Crippen LogP contribution is 2.27. The quantitative estimate of drug-likeness (QED) is 0.379. The lowest BCUT2D eigenvalue weighted by Crippen LogP contribution is -2.22. The summed E-state index contributed by atoms with van der Waals surface area (Å²) in [6.45, 7) is 1.09. The molecule has 9 nitrogen and oxygen atoms in total. The Morgan fingerprint density at radius 2 is 1.83 bits per heavy atom. The number of carbonyl (C=O) groups excluding carboxylic acids is 2. The third-order valence-electron chi connectivity index (χ3n) is 3.75. The number of nitrogens with one attached hydrogen (secondary N) is 1. The van der Waals surface area contributed by atoms with Gasteiger partial charge < -0.3 is 10.1 Å². The Morgan fingerprint density at radius 1 is 1.17 bits per heavy atom. The van der Waals surface area contributed by atoms with Gasteiger partial charge in [0.1, 0.15) is 5.69 Å². The van der Waals surface area contributed by atoms with Gasteiger partial charge >= 0.3 is 5.97 Å². The molecule has 2 rings (SSSR count). The molecule has 154 valence electrons. The van der Waals surface area contributed by atoms with Gasteiger partial charge in [0.15, 0.2) is 16.4 Å². The van der Waals surface area contributed by atoms with Crippen molar-refractivity contribution in [3.8, 4) is 0 Å². The van der Waals surface area contributed by atoms with E-state index >= 15 is 0 Å². The van der Waals surface area contributed by atoms with E-state index in [0.29, 0.717) is 0 Å². The fourth-order valence-electron chi connectivity index (χ4n) is 2.25. The first-order valence-electron chi connectivity index (χ1n) is 8.27. The van der Waals surface area contributed by atoms with Gasteiger partial charge in [-0.15, -0.1) is 0 Å². The number of nitro groups is 1. The summed E-state index contributed by atoms with van der Waals surface area (Å²) < 4.78 is 29.1. The molecule has 0 radical (unpaired) electrons. The smallest absolute Gasteiger partial charge is 0.307 e. The average Bonchev–Trinajstić information content (AvgIpc) is 2.65. The third kappa shape index (κ3) is 6.54. The minimum absolute atomic E-state index is 0.0851. The molecule has 0 saturated carbocycles. The number of esters is 1. The van der Waals surface area contributed by atoms with E-state index < -0.39 is 45.4 Å². The van der Waals surface area contributed by atoms with Crippen LogP contribution >= 0.6 is 11.6 Å². The zero-order valence-corrected chi connectivity index (χ0v) is 16.8. The molecule has 0 atom stereocenters. The summed E-state index contributed by atoms with van der Waals surface area (Å²) in [5, 5.41) is 13.4. The van der Waals surface area contributed by atoms with Crippen molar-refractivity contribution < 1.29 is 27.7 Å². The van der Waals surface area contributed by atoms with E-state index in [2.05, 4.69) is 5.32 Å². The van der Waals surface area contributed by atoms with Crippen LogP contribution in [0, 0.1) is 17.0 Å². The molecular formula is C18H17ClN2O7S. The van der Waals surface area contributed by atoms with Crippen LogP contribution in [0.1, 0.15) is 12.0 Å². The van der Waals surface area contributed by atoms with Crippen molar-refractivity contribution in [1.29, 1.82) is 0 Å². The van der Waals surface area contributed by atoms with Crippen LogP contribution < -0.4 is 5.32 Å². The Kier molecular flexibility index (Phi) is 7.29. The Bertz CT molecular complexity index is 1040. The number of aryl methyl sites for hydroxylation is 1. The summed E-state index contributed by atoms with van der Waals surface area (Å²) in [6, 6.07) is 9.79. The number of sulfone groups is 1. The van der Waals surface area contributed by atoms with E-state index in [1.54, 1.807) is 12.1 Å². The predicted octanol–water partition coefficient (Wildman–Crippen LogP) is 2.90. The van der Waals surface area contributed by atoms with Crippen LogP contribution in [0.3, 0.4) is 0 Å². The molecule has 0 unspecified atom stereocenters. The number of hydrogen-bond acceptors (Lipinski definition) is 7. The van der Waals surface area contributed by atoms with Gasteiger partial charge in [0.05, 0.1) is 22.0 Å². The Morgan fingerprint density at radius 3 is 2.45 bits per heavy atom. The van der Waals surface area contributed by atoms with Crippen LogP contribution in [0.25, 0.3) is 0 Å². The second kappa shape index (κ2) is 9.48. The van der Waals surface area contributed by atoms with Crippen molar-refractivity contribution >= 4 is 44.7 Å². The van der Waals surface area contributed by atoms with E-state index in [4.69, 9.17) is 16.3 Å². The summed E-state index contributed by atoms with van der Waals surface area (Å²) in [6.07, 6.45) is -0.444. The van der Waals surface area contributed by atoms with E-state index in [1.807, 2.05) is 6.92 Å². The number of carbonyl (C=O) groups is 2. The summed E-state index contributed by atoms with van der Waals surface area (Å²) >= 11 is 5.76. The molecule has 1 amide bonds. The molecule has 0 aromatic heterocycles. The molecule has 29 heavy (non-hydrogen) atoms. The molecule has 0 saturated heterocycles. The first-order valence-corrected chi connectivity index (χ1v) is 10.3. The Labute approximate surface area is 171 Å². The molecule has 0 aliphatic heterocycles. The fraction of sp³-hybridized carbons (Fsp3) is 0.222. The second-order valence-corrected chi connectivity index (χ2v) is 8.55. The van der Waals surface area contributed by atoms with Gasteiger partial charge in [0.25, 0.3) is 11.6 Å². The fourth-order valence-corrected chi connectivity index (χ4v) is 3.65. The van der Waals surface area contributed by atoms with E-state index in [0.717, 1.165) is 11.6 Å². The Balaban J connectivity index is 1.88. The standard InChI is InChI=1S/C18H17ClN2O7S/c1-12-2-5-14(6-3-12)29(26,27)9-8-18(23)28-11-17(22)20-15-10-13(19)4-7-16(15)21(24)25/h2-7,10H,8-9,11H2,1H3,(H,20,22). The summed E-state index contributed by atoms with van der Waals surface area (Å²) in [4.78, 5) is 34.0. The van der Waals surface area contributed by atoms with E-state index in [9.17, 15) is 28.1 Å². The minimum Gasteiger partial charge on any atom is -0.456 e. The van der Waals surface area contributed by atoms with Crippen LogP contribution in [-0.4, -0.2) is 37.6 Å². The van der Waals surface area contributed by atoms with E-state index in [1.165, 1.54) is 24.3 Å². The SMILES string of the molecule is Cc1ccc(S(=O)(=O)CCC(=O)OCC(=O)Nc2cc(Cl)ccc2[N+](=O)[O-])cc1. The number of nitro benzene ring substituents is 1. The van der Waals surface area contributed by atoms with Crippen LogP contribution in [0.4, 0.5) is 11.4 Å². The lowest BCUT2D eigenvalue weighted by atomic mass is 10.2. The van der Waals surface area contributed by atoms with Crippen LogP contribution in [0.15, 0.2) is 47.4 Å². The third-order valence-corrected chi connectivity index (χ3v) is 5.72. The molecule has 0 spiro atoms. The number of benzene rings is 2. The van der Waals surface area contributed by atoms with E-state index in [-0.39, 0.29) is 21.3 Å². The first kappa shape index (κ1) is 22.3. The number of amides is 1. The predicted molar refractivity (Wildman–Crippen MR) is 106 cm³/mol. The van der Waals surface area contributed by atoms with Crippen molar-refractivity contribution in [2.45, 2.75) is 18.2 Å². The molecule has 2 aromatic rings. The number of nitrogens with zero attached hydrogens (tertiary/aromatic N) is 1. The molecular weight excluding hydrogens is 424 g/mol. The molecule has 0 bridgehead atoms. The maximum absolute atomic E-state index is 12.2. The van der Waals surface area contributed by atoms with Gasteiger partial charge in [0, 0.05) is 11.1 Å². The zero-order valence-electron chi connectivity index (χ0n) is 15.3. The van der Waals surface area contributed by atoms with Gasteiger partial charge in [-0.2, -0.15) is 0 Å². The normalized spacial score (nSPS) is 11.0. The lowest BCUT2D eigenvalue weighted by Gasteiger charge is -2.08.